The SMILES string of the molecule is CNC(C(N)=O)c1ccccc1Br. The lowest BCUT2D eigenvalue weighted by molar-refractivity contribution is -0.120. The fourth-order valence-electron chi connectivity index (χ4n) is 1.16. The molecule has 0 aromatic heterocycles. The second-order valence-corrected chi connectivity index (χ2v) is 3.50. The third-order valence-corrected chi connectivity index (χ3v) is 2.51. The predicted molar refractivity (Wildman–Crippen MR) is 55.1 cm³/mol. The Bertz CT molecular complexity index is 314. The zero-order valence-electron chi connectivity index (χ0n) is 7.25. The molecular weight excluding hydrogens is 232 g/mol. The minimum Gasteiger partial charge on any atom is -0.368 e. The molecule has 70 valence electrons. The van der Waals surface area contributed by atoms with Crippen molar-refractivity contribution in [2.45, 2.75) is 6.04 Å². The summed E-state index contributed by atoms with van der Waals surface area (Å²) in [4.78, 5) is 11.0. The highest BCUT2D eigenvalue weighted by molar-refractivity contribution is 9.10. The average molecular weight is 243 g/mol. The molecule has 0 aliphatic carbocycles. The Kier molecular flexibility index (Phi) is 3.45. The second-order valence-electron chi connectivity index (χ2n) is 2.65. The van der Waals surface area contributed by atoms with Crippen LogP contribution >= 0.6 is 15.9 Å². The number of nitrogens with two attached hydrogens (primary N) is 1. The number of carbonyl (C=O) groups excluding carboxylic acids is 1. The maximum atomic E-state index is 11.0. The third-order valence-electron chi connectivity index (χ3n) is 1.79. The van der Waals surface area contributed by atoms with Crippen molar-refractivity contribution in [3.05, 3.63) is 34.3 Å². The Morgan fingerprint density at radius 2 is 2.15 bits per heavy atom. The van der Waals surface area contributed by atoms with Crippen LogP contribution in [0.5, 0.6) is 0 Å². The highest BCUT2D eigenvalue weighted by atomic mass is 79.9. The first-order valence-corrected chi connectivity index (χ1v) is 4.67. The van der Waals surface area contributed by atoms with Crippen molar-refractivity contribution in [3.8, 4) is 0 Å². The standard InChI is InChI=1S/C9H11BrN2O/c1-12-8(9(11)13)6-4-2-3-5-7(6)10/h2-5,8,12H,1H3,(H2,11,13). The summed E-state index contributed by atoms with van der Waals surface area (Å²) in [5.41, 5.74) is 6.08. The van der Waals surface area contributed by atoms with E-state index in [1.807, 2.05) is 24.3 Å². The Balaban J connectivity index is 3.04. The van der Waals surface area contributed by atoms with Crippen molar-refractivity contribution in [2.75, 3.05) is 7.05 Å². The van der Waals surface area contributed by atoms with Crippen LogP contribution in [-0.4, -0.2) is 13.0 Å². The van der Waals surface area contributed by atoms with Gasteiger partial charge in [-0.05, 0) is 18.7 Å². The smallest absolute Gasteiger partial charge is 0.239 e. The van der Waals surface area contributed by atoms with Crippen molar-refractivity contribution >= 4 is 21.8 Å². The number of carbonyl (C=O) groups is 1. The lowest BCUT2D eigenvalue weighted by Crippen LogP contribution is -2.31. The van der Waals surface area contributed by atoms with E-state index in [1.54, 1.807) is 7.05 Å². The van der Waals surface area contributed by atoms with E-state index in [0.717, 1.165) is 10.0 Å². The van der Waals surface area contributed by atoms with Gasteiger partial charge >= 0.3 is 0 Å². The fraction of sp³-hybridized carbons (Fsp3) is 0.222. The number of nitrogens with one attached hydrogen (secondary N) is 1. The van der Waals surface area contributed by atoms with E-state index in [2.05, 4.69) is 21.2 Å². The molecule has 0 radical (unpaired) electrons. The number of amides is 1. The zero-order chi connectivity index (χ0) is 9.84. The molecule has 1 atom stereocenters. The minimum absolute atomic E-state index is 0.380. The summed E-state index contributed by atoms with van der Waals surface area (Å²) in [5.74, 6) is -0.380. The van der Waals surface area contributed by atoms with Gasteiger partial charge < -0.3 is 11.1 Å². The molecule has 1 unspecified atom stereocenters. The summed E-state index contributed by atoms with van der Waals surface area (Å²) < 4.78 is 0.883. The molecule has 4 heteroatoms. The Labute approximate surface area is 85.4 Å². The van der Waals surface area contributed by atoms with Gasteiger partial charge in [0.2, 0.25) is 5.91 Å². The first-order valence-electron chi connectivity index (χ1n) is 3.88. The van der Waals surface area contributed by atoms with E-state index in [-0.39, 0.29) is 5.91 Å². The van der Waals surface area contributed by atoms with Crippen LogP contribution in [0.4, 0.5) is 0 Å². The Hall–Kier alpha value is -0.870. The number of likely N-dealkylation sites (N-methyl/N-ethyl adjacent to an activating group) is 1. The highest BCUT2D eigenvalue weighted by Gasteiger charge is 2.16. The third kappa shape index (κ3) is 2.29. The van der Waals surface area contributed by atoms with Gasteiger partial charge in [-0.1, -0.05) is 34.1 Å². The molecule has 1 aromatic carbocycles. The Morgan fingerprint density at radius 3 is 2.62 bits per heavy atom. The van der Waals surface area contributed by atoms with Gasteiger partial charge in [-0.3, -0.25) is 4.79 Å². The normalized spacial score (nSPS) is 12.5. The van der Waals surface area contributed by atoms with Gasteiger partial charge in [0, 0.05) is 4.47 Å². The number of rotatable bonds is 3. The van der Waals surface area contributed by atoms with Crippen LogP contribution in [0.3, 0.4) is 0 Å². The summed E-state index contributed by atoms with van der Waals surface area (Å²) in [7, 11) is 1.70. The van der Waals surface area contributed by atoms with Crippen LogP contribution in [0.2, 0.25) is 0 Å². The van der Waals surface area contributed by atoms with Crippen LogP contribution < -0.4 is 11.1 Å². The van der Waals surface area contributed by atoms with Gasteiger partial charge in [-0.15, -0.1) is 0 Å². The quantitative estimate of drug-likeness (QED) is 0.837. The topological polar surface area (TPSA) is 55.1 Å². The molecule has 0 heterocycles. The van der Waals surface area contributed by atoms with Crippen LogP contribution in [0.25, 0.3) is 0 Å². The number of benzene rings is 1. The molecule has 0 aliphatic rings. The van der Waals surface area contributed by atoms with Crippen molar-refractivity contribution in [1.29, 1.82) is 0 Å². The molecule has 1 rings (SSSR count). The minimum atomic E-state index is -0.435. The van der Waals surface area contributed by atoms with Crippen molar-refractivity contribution < 1.29 is 4.79 Å². The second kappa shape index (κ2) is 4.39. The van der Waals surface area contributed by atoms with Crippen LogP contribution in [-0.2, 0) is 4.79 Å². The summed E-state index contributed by atoms with van der Waals surface area (Å²) >= 11 is 3.36. The average Bonchev–Trinajstić information content (AvgIpc) is 2.09. The molecule has 0 spiro atoms. The van der Waals surface area contributed by atoms with Gasteiger partial charge in [0.1, 0.15) is 6.04 Å². The predicted octanol–water partition coefficient (Wildman–Crippen LogP) is 1.19. The number of halogens is 1. The van der Waals surface area contributed by atoms with Crippen LogP contribution in [0, 0.1) is 0 Å². The monoisotopic (exact) mass is 242 g/mol. The largest absolute Gasteiger partial charge is 0.368 e. The van der Waals surface area contributed by atoms with E-state index in [4.69, 9.17) is 5.73 Å². The molecule has 3 N–H and O–H groups in total. The lowest BCUT2D eigenvalue weighted by atomic mass is 10.1. The highest BCUT2D eigenvalue weighted by Crippen LogP contribution is 2.22. The Morgan fingerprint density at radius 1 is 1.54 bits per heavy atom. The van der Waals surface area contributed by atoms with Gasteiger partial charge in [0.05, 0.1) is 0 Å². The maximum Gasteiger partial charge on any atom is 0.239 e. The summed E-state index contributed by atoms with van der Waals surface area (Å²) in [6.07, 6.45) is 0. The van der Waals surface area contributed by atoms with E-state index in [0.29, 0.717) is 0 Å². The first kappa shape index (κ1) is 10.2. The van der Waals surface area contributed by atoms with E-state index in [9.17, 15) is 4.79 Å². The van der Waals surface area contributed by atoms with Gasteiger partial charge in [0.15, 0.2) is 0 Å². The number of hydrogen-bond acceptors (Lipinski definition) is 2. The van der Waals surface area contributed by atoms with Crippen molar-refractivity contribution in [3.63, 3.8) is 0 Å². The molecular formula is C9H11BrN2O. The summed E-state index contributed by atoms with van der Waals surface area (Å²) in [6.45, 7) is 0. The van der Waals surface area contributed by atoms with E-state index >= 15 is 0 Å². The molecule has 0 bridgehead atoms. The van der Waals surface area contributed by atoms with E-state index < -0.39 is 6.04 Å². The summed E-state index contributed by atoms with van der Waals surface area (Å²) in [6, 6.07) is 7.06. The molecule has 0 saturated carbocycles. The molecule has 0 saturated heterocycles. The summed E-state index contributed by atoms with van der Waals surface area (Å²) in [5, 5.41) is 2.85. The lowest BCUT2D eigenvalue weighted by Gasteiger charge is -2.13. The maximum absolute atomic E-state index is 11.0. The molecule has 13 heavy (non-hydrogen) atoms. The van der Waals surface area contributed by atoms with Crippen LogP contribution in [0.1, 0.15) is 11.6 Å². The van der Waals surface area contributed by atoms with Crippen LogP contribution in [0.15, 0.2) is 28.7 Å². The molecule has 1 aromatic rings. The zero-order valence-corrected chi connectivity index (χ0v) is 8.84. The van der Waals surface area contributed by atoms with Gasteiger partial charge in [-0.25, -0.2) is 0 Å². The molecule has 3 nitrogen and oxygen atoms in total. The number of primary amides is 1. The molecule has 1 amide bonds. The first-order chi connectivity index (χ1) is 6.16. The van der Waals surface area contributed by atoms with Gasteiger partial charge in [0.25, 0.3) is 0 Å². The van der Waals surface area contributed by atoms with E-state index in [1.165, 1.54) is 0 Å². The molecule has 0 fully saturated rings. The van der Waals surface area contributed by atoms with Crippen molar-refractivity contribution in [1.82, 2.24) is 5.32 Å². The van der Waals surface area contributed by atoms with Gasteiger partial charge in [-0.2, -0.15) is 0 Å². The molecule has 0 aliphatic heterocycles. The van der Waals surface area contributed by atoms with Crippen molar-refractivity contribution in [2.24, 2.45) is 5.73 Å². The number of hydrogen-bond donors (Lipinski definition) is 2. The fourth-order valence-corrected chi connectivity index (χ4v) is 1.67.